The first-order valence-corrected chi connectivity index (χ1v) is 13.1. The first-order valence-electron chi connectivity index (χ1n) is 11.6. The van der Waals surface area contributed by atoms with Crippen molar-refractivity contribution in [3.05, 3.63) is 35.5 Å². The summed E-state index contributed by atoms with van der Waals surface area (Å²) >= 11 is 0. The van der Waals surface area contributed by atoms with Gasteiger partial charge in [-0.1, -0.05) is 31.7 Å². The highest BCUT2D eigenvalue weighted by Crippen LogP contribution is 2.35. The SMILES string of the molecule is O=S1CCN(Cc2cc3c(c4ncccc24)OCCN(C2CCCCCC2)C3)CC1. The maximum Gasteiger partial charge on any atom is 0.150 e. The first-order chi connectivity index (χ1) is 14.8. The monoisotopic (exact) mass is 427 g/mol. The van der Waals surface area contributed by atoms with Gasteiger partial charge in [-0.2, -0.15) is 0 Å². The molecular weight excluding hydrogens is 394 g/mol. The number of pyridine rings is 1. The van der Waals surface area contributed by atoms with Gasteiger partial charge in [0.25, 0.3) is 0 Å². The molecule has 162 valence electrons. The van der Waals surface area contributed by atoms with Crippen molar-refractivity contribution in [3.8, 4) is 5.75 Å². The molecule has 1 aromatic heterocycles. The van der Waals surface area contributed by atoms with Gasteiger partial charge in [-0.25, -0.2) is 0 Å². The highest BCUT2D eigenvalue weighted by atomic mass is 32.2. The molecule has 1 aliphatic carbocycles. The van der Waals surface area contributed by atoms with Gasteiger partial charge in [0.05, 0.1) is 0 Å². The topological polar surface area (TPSA) is 45.7 Å². The van der Waals surface area contributed by atoms with Crippen molar-refractivity contribution in [2.24, 2.45) is 0 Å². The molecule has 30 heavy (non-hydrogen) atoms. The van der Waals surface area contributed by atoms with Gasteiger partial charge in [-0.15, -0.1) is 0 Å². The molecular formula is C24H33N3O2S. The number of aromatic nitrogens is 1. The van der Waals surface area contributed by atoms with Crippen molar-refractivity contribution in [2.45, 2.75) is 57.7 Å². The van der Waals surface area contributed by atoms with Crippen LogP contribution in [0.2, 0.25) is 0 Å². The van der Waals surface area contributed by atoms with Crippen LogP contribution in [0.1, 0.15) is 49.7 Å². The predicted molar refractivity (Wildman–Crippen MR) is 122 cm³/mol. The van der Waals surface area contributed by atoms with E-state index in [-0.39, 0.29) is 0 Å². The highest BCUT2D eigenvalue weighted by Gasteiger charge is 2.26. The van der Waals surface area contributed by atoms with Crippen LogP contribution in [0.3, 0.4) is 0 Å². The summed E-state index contributed by atoms with van der Waals surface area (Å²) in [5.74, 6) is 2.57. The summed E-state index contributed by atoms with van der Waals surface area (Å²) in [5, 5.41) is 1.20. The van der Waals surface area contributed by atoms with Crippen molar-refractivity contribution in [1.82, 2.24) is 14.8 Å². The van der Waals surface area contributed by atoms with Crippen LogP contribution in [-0.4, -0.2) is 62.8 Å². The molecule has 1 saturated heterocycles. The number of rotatable bonds is 3. The lowest BCUT2D eigenvalue weighted by Gasteiger charge is -2.30. The molecule has 0 radical (unpaired) electrons. The molecule has 0 atom stereocenters. The van der Waals surface area contributed by atoms with E-state index in [4.69, 9.17) is 9.72 Å². The van der Waals surface area contributed by atoms with Crippen LogP contribution in [0.15, 0.2) is 24.4 Å². The zero-order valence-electron chi connectivity index (χ0n) is 17.9. The molecule has 1 saturated carbocycles. The maximum absolute atomic E-state index is 11.8. The van der Waals surface area contributed by atoms with Crippen molar-refractivity contribution < 1.29 is 8.95 Å². The molecule has 6 heteroatoms. The minimum absolute atomic E-state index is 0.640. The summed E-state index contributed by atoms with van der Waals surface area (Å²) in [6.45, 7) is 5.43. The van der Waals surface area contributed by atoms with Crippen LogP contribution in [0.4, 0.5) is 0 Å². The third-order valence-electron chi connectivity index (χ3n) is 7.01. The molecule has 0 amide bonds. The lowest BCUT2D eigenvalue weighted by molar-refractivity contribution is 0.155. The Labute approximate surface area is 182 Å². The Morgan fingerprint density at radius 2 is 1.90 bits per heavy atom. The van der Waals surface area contributed by atoms with Gasteiger partial charge in [0.15, 0.2) is 0 Å². The van der Waals surface area contributed by atoms with E-state index < -0.39 is 10.8 Å². The molecule has 0 bridgehead atoms. The first kappa shape index (κ1) is 20.4. The molecule has 3 aliphatic rings. The van der Waals surface area contributed by atoms with Crippen LogP contribution < -0.4 is 4.74 Å². The molecule has 2 aromatic rings. The maximum atomic E-state index is 11.8. The quantitative estimate of drug-likeness (QED) is 0.699. The number of nitrogens with zero attached hydrogens (tertiary/aromatic N) is 3. The van der Waals surface area contributed by atoms with Crippen molar-refractivity contribution in [3.63, 3.8) is 0 Å². The van der Waals surface area contributed by atoms with Gasteiger partial charge in [0.1, 0.15) is 17.9 Å². The summed E-state index contributed by atoms with van der Waals surface area (Å²) in [4.78, 5) is 9.85. The summed E-state index contributed by atoms with van der Waals surface area (Å²) < 4.78 is 18.1. The Bertz CT molecular complexity index is 901. The summed E-state index contributed by atoms with van der Waals surface area (Å²) in [6, 6.07) is 7.26. The summed E-state index contributed by atoms with van der Waals surface area (Å²) in [7, 11) is -0.640. The number of ether oxygens (including phenoxy) is 1. The number of fused-ring (bicyclic) bond motifs is 3. The molecule has 0 N–H and O–H groups in total. The Kier molecular flexibility index (Phi) is 6.34. The highest BCUT2D eigenvalue weighted by molar-refractivity contribution is 7.85. The predicted octanol–water partition coefficient (Wildman–Crippen LogP) is 3.72. The lowest BCUT2D eigenvalue weighted by atomic mass is 10.0. The molecule has 2 fully saturated rings. The van der Waals surface area contributed by atoms with Gasteiger partial charge in [0, 0.05) is 78.2 Å². The zero-order valence-corrected chi connectivity index (χ0v) is 18.7. The Morgan fingerprint density at radius 1 is 1.10 bits per heavy atom. The third-order valence-corrected chi connectivity index (χ3v) is 8.29. The van der Waals surface area contributed by atoms with Gasteiger partial charge in [-0.05, 0) is 30.5 Å². The smallest absolute Gasteiger partial charge is 0.150 e. The van der Waals surface area contributed by atoms with E-state index in [1.54, 1.807) is 0 Å². The number of hydrogen-bond acceptors (Lipinski definition) is 5. The fraction of sp³-hybridized carbons (Fsp3) is 0.625. The minimum Gasteiger partial charge on any atom is -0.490 e. The Balaban J connectivity index is 1.46. The molecule has 0 unspecified atom stereocenters. The average molecular weight is 428 g/mol. The largest absolute Gasteiger partial charge is 0.490 e. The van der Waals surface area contributed by atoms with Crippen LogP contribution in [0.25, 0.3) is 10.9 Å². The van der Waals surface area contributed by atoms with Crippen LogP contribution in [0, 0.1) is 0 Å². The van der Waals surface area contributed by atoms with E-state index in [1.807, 2.05) is 12.3 Å². The third kappa shape index (κ3) is 4.41. The van der Waals surface area contributed by atoms with Crippen LogP contribution >= 0.6 is 0 Å². The normalized spacial score (nSPS) is 22.9. The van der Waals surface area contributed by atoms with Crippen molar-refractivity contribution >= 4 is 21.7 Å². The van der Waals surface area contributed by atoms with Crippen LogP contribution in [0.5, 0.6) is 5.75 Å². The second-order valence-corrected chi connectivity index (χ2v) is 10.7. The molecule has 2 aliphatic heterocycles. The minimum atomic E-state index is -0.640. The fourth-order valence-electron chi connectivity index (χ4n) is 5.33. The molecule has 3 heterocycles. The van der Waals surface area contributed by atoms with E-state index in [1.165, 1.54) is 55.0 Å². The molecule has 5 rings (SSSR count). The van der Waals surface area contributed by atoms with E-state index in [2.05, 4.69) is 21.9 Å². The van der Waals surface area contributed by atoms with Gasteiger partial charge in [-0.3, -0.25) is 19.0 Å². The van der Waals surface area contributed by atoms with E-state index in [9.17, 15) is 4.21 Å². The fourth-order valence-corrected chi connectivity index (χ4v) is 6.46. The second kappa shape index (κ2) is 9.33. The van der Waals surface area contributed by atoms with Gasteiger partial charge < -0.3 is 4.74 Å². The van der Waals surface area contributed by atoms with Crippen LogP contribution in [-0.2, 0) is 23.9 Å². The Hall–Kier alpha value is -1.50. The van der Waals surface area contributed by atoms with E-state index in [0.717, 1.165) is 62.1 Å². The van der Waals surface area contributed by atoms with Crippen molar-refractivity contribution in [1.29, 1.82) is 0 Å². The number of hydrogen-bond donors (Lipinski definition) is 0. The molecule has 0 spiro atoms. The Morgan fingerprint density at radius 3 is 2.70 bits per heavy atom. The lowest BCUT2D eigenvalue weighted by Crippen LogP contribution is -2.37. The summed E-state index contributed by atoms with van der Waals surface area (Å²) in [5.41, 5.74) is 3.63. The zero-order chi connectivity index (χ0) is 20.3. The van der Waals surface area contributed by atoms with Gasteiger partial charge >= 0.3 is 0 Å². The van der Waals surface area contributed by atoms with Gasteiger partial charge in [0.2, 0.25) is 0 Å². The van der Waals surface area contributed by atoms with E-state index in [0.29, 0.717) is 6.04 Å². The summed E-state index contributed by atoms with van der Waals surface area (Å²) in [6.07, 6.45) is 10.0. The standard InChI is InChI=1S/C24H33N3O2S/c28-30-14-11-26(12-15-30)17-19-16-20-18-27(21-6-3-1-2-4-7-21)10-13-29-24(20)23-22(19)8-5-9-25-23/h5,8-9,16,21H,1-4,6-7,10-15,17-18H2. The molecule has 5 nitrogen and oxygen atoms in total. The number of benzene rings is 1. The van der Waals surface area contributed by atoms with Crippen molar-refractivity contribution in [2.75, 3.05) is 37.7 Å². The van der Waals surface area contributed by atoms with E-state index >= 15 is 0 Å². The molecule has 1 aromatic carbocycles. The average Bonchev–Trinajstić information content (AvgIpc) is 3.16. The second-order valence-electron chi connectivity index (χ2n) is 9.01.